The van der Waals surface area contributed by atoms with Gasteiger partial charge in [-0.05, 0) is 38.5 Å². The molecule has 2 N–H and O–H groups in total. The zero-order valence-corrected chi connectivity index (χ0v) is 17.3. The van der Waals surface area contributed by atoms with E-state index in [0.29, 0.717) is 18.0 Å². The van der Waals surface area contributed by atoms with Gasteiger partial charge in [0.05, 0.1) is 27.9 Å². The average molecular weight is 382 g/mol. The third-order valence-electron chi connectivity index (χ3n) is 4.47. The van der Waals surface area contributed by atoms with Crippen molar-refractivity contribution in [3.8, 4) is 17.2 Å². The topological polar surface area (TPSA) is 64.1 Å². The fourth-order valence-electron chi connectivity index (χ4n) is 2.97. The van der Waals surface area contributed by atoms with Crippen LogP contribution in [0.3, 0.4) is 0 Å². The van der Waals surface area contributed by atoms with Gasteiger partial charge >= 0.3 is 0 Å². The van der Waals surface area contributed by atoms with Crippen molar-refractivity contribution < 1.29 is 14.2 Å². The fraction of sp³-hybridized carbons (Fsp3) is 0.632. The van der Waals surface area contributed by atoms with E-state index in [-0.39, 0.29) is 4.75 Å². The summed E-state index contributed by atoms with van der Waals surface area (Å²) in [4.78, 5) is 4.72. The first-order valence-corrected chi connectivity index (χ1v) is 9.98. The summed E-state index contributed by atoms with van der Waals surface area (Å²) in [6.45, 7) is 6.60. The van der Waals surface area contributed by atoms with Gasteiger partial charge in [-0.1, -0.05) is 0 Å². The number of thioether (sulfide) groups is 1. The standard InChI is InChI=1S/C19H31N3O3S/c1-6-20-18(22-13-19(2)8-7-9-26-19)21-12-14-10-16(24-4)17(25-5)11-15(14)23-3/h10-11H,6-9,12-13H2,1-5H3,(H2,20,21,22). The Labute approximate surface area is 161 Å². The molecule has 146 valence electrons. The molecule has 1 atom stereocenters. The molecule has 0 aliphatic carbocycles. The number of nitrogens with one attached hydrogen (secondary N) is 2. The number of nitrogens with zero attached hydrogens (tertiary/aromatic N) is 1. The van der Waals surface area contributed by atoms with Gasteiger partial charge in [0, 0.05) is 29.5 Å². The Balaban J connectivity index is 2.12. The van der Waals surface area contributed by atoms with Crippen LogP contribution < -0.4 is 24.8 Å². The van der Waals surface area contributed by atoms with E-state index >= 15 is 0 Å². The summed E-state index contributed by atoms with van der Waals surface area (Å²) in [7, 11) is 4.89. The number of guanidine groups is 1. The van der Waals surface area contributed by atoms with Crippen molar-refractivity contribution in [2.75, 3.05) is 40.2 Å². The molecular formula is C19H31N3O3S. The Kier molecular flexibility index (Phi) is 7.75. The monoisotopic (exact) mass is 381 g/mol. The molecule has 6 nitrogen and oxygen atoms in total. The van der Waals surface area contributed by atoms with E-state index in [0.717, 1.165) is 30.4 Å². The van der Waals surface area contributed by atoms with Crippen LogP contribution in [0.5, 0.6) is 17.2 Å². The van der Waals surface area contributed by atoms with Crippen LogP contribution in [0.15, 0.2) is 17.1 Å². The largest absolute Gasteiger partial charge is 0.496 e. The second kappa shape index (κ2) is 9.80. The highest BCUT2D eigenvalue weighted by atomic mass is 32.2. The third-order valence-corrected chi connectivity index (χ3v) is 6.01. The molecule has 26 heavy (non-hydrogen) atoms. The van der Waals surface area contributed by atoms with Crippen molar-refractivity contribution in [3.05, 3.63) is 17.7 Å². The number of rotatable bonds is 8. The van der Waals surface area contributed by atoms with Crippen LogP contribution in [0, 0.1) is 0 Å². The number of benzene rings is 1. The van der Waals surface area contributed by atoms with Crippen molar-refractivity contribution in [1.29, 1.82) is 0 Å². The van der Waals surface area contributed by atoms with Crippen molar-refractivity contribution in [3.63, 3.8) is 0 Å². The molecule has 1 heterocycles. The molecule has 7 heteroatoms. The van der Waals surface area contributed by atoms with Gasteiger partial charge in [0.2, 0.25) is 0 Å². The summed E-state index contributed by atoms with van der Waals surface area (Å²) in [5, 5.41) is 6.80. The molecule has 1 saturated heterocycles. The van der Waals surface area contributed by atoms with E-state index in [9.17, 15) is 0 Å². The van der Waals surface area contributed by atoms with Gasteiger partial charge in [0.25, 0.3) is 0 Å². The summed E-state index contributed by atoms with van der Waals surface area (Å²) in [5.74, 6) is 4.12. The SMILES string of the molecule is CCNC(=NCc1cc(OC)c(OC)cc1OC)NCC1(C)CCCS1. The lowest BCUT2D eigenvalue weighted by Gasteiger charge is -2.24. The minimum absolute atomic E-state index is 0.289. The predicted octanol–water partition coefficient (Wildman–Crippen LogP) is 3.05. The zero-order chi connectivity index (χ0) is 19.0. The number of ether oxygens (including phenoxy) is 3. The van der Waals surface area contributed by atoms with E-state index in [1.807, 2.05) is 23.9 Å². The van der Waals surface area contributed by atoms with Gasteiger partial charge in [-0.2, -0.15) is 11.8 Å². The van der Waals surface area contributed by atoms with Gasteiger partial charge in [0.15, 0.2) is 17.5 Å². The normalized spacial score (nSPS) is 20.0. The number of aliphatic imine (C=N–C) groups is 1. The summed E-state index contributed by atoms with van der Waals surface area (Å²) in [6, 6.07) is 3.75. The molecule has 1 aromatic rings. The van der Waals surface area contributed by atoms with E-state index in [4.69, 9.17) is 19.2 Å². The van der Waals surface area contributed by atoms with E-state index in [2.05, 4.69) is 24.5 Å². The Morgan fingerprint density at radius 3 is 2.38 bits per heavy atom. The predicted molar refractivity (Wildman–Crippen MR) is 109 cm³/mol. The smallest absolute Gasteiger partial charge is 0.191 e. The van der Waals surface area contributed by atoms with E-state index in [1.165, 1.54) is 18.6 Å². The highest BCUT2D eigenvalue weighted by Gasteiger charge is 2.29. The van der Waals surface area contributed by atoms with Crippen LogP contribution in [0.2, 0.25) is 0 Å². The second-order valence-corrected chi connectivity index (χ2v) is 8.15. The Morgan fingerprint density at radius 1 is 1.12 bits per heavy atom. The first-order chi connectivity index (χ1) is 12.5. The lowest BCUT2D eigenvalue weighted by molar-refractivity contribution is 0.347. The Morgan fingerprint density at radius 2 is 1.81 bits per heavy atom. The number of methoxy groups -OCH3 is 3. The van der Waals surface area contributed by atoms with Crippen LogP contribution in [-0.4, -0.2) is 50.9 Å². The quantitative estimate of drug-likeness (QED) is 0.533. The molecule has 0 bridgehead atoms. The van der Waals surface area contributed by atoms with Gasteiger partial charge in [0.1, 0.15) is 5.75 Å². The number of hydrogen-bond donors (Lipinski definition) is 2. The summed E-state index contributed by atoms with van der Waals surface area (Å²) in [5.41, 5.74) is 0.948. The van der Waals surface area contributed by atoms with Gasteiger partial charge in [-0.25, -0.2) is 4.99 Å². The van der Waals surface area contributed by atoms with Gasteiger partial charge in [-0.15, -0.1) is 0 Å². The zero-order valence-electron chi connectivity index (χ0n) is 16.5. The molecule has 0 radical (unpaired) electrons. The molecule has 1 unspecified atom stereocenters. The number of hydrogen-bond acceptors (Lipinski definition) is 5. The highest BCUT2D eigenvalue weighted by Crippen LogP contribution is 2.37. The van der Waals surface area contributed by atoms with Crippen molar-refractivity contribution >= 4 is 17.7 Å². The fourth-order valence-corrected chi connectivity index (χ4v) is 4.21. The van der Waals surface area contributed by atoms with Crippen molar-refractivity contribution in [2.24, 2.45) is 4.99 Å². The molecule has 1 aliphatic heterocycles. The van der Waals surface area contributed by atoms with Crippen LogP contribution in [0.25, 0.3) is 0 Å². The molecule has 2 rings (SSSR count). The minimum Gasteiger partial charge on any atom is -0.496 e. The maximum absolute atomic E-state index is 5.49. The molecule has 0 amide bonds. The van der Waals surface area contributed by atoms with Gasteiger partial charge in [-0.3, -0.25) is 0 Å². The molecule has 1 fully saturated rings. The van der Waals surface area contributed by atoms with Gasteiger partial charge < -0.3 is 24.8 Å². The first-order valence-electron chi connectivity index (χ1n) is 9.00. The maximum Gasteiger partial charge on any atom is 0.191 e. The van der Waals surface area contributed by atoms with Crippen molar-refractivity contribution in [1.82, 2.24) is 10.6 Å². The van der Waals surface area contributed by atoms with Crippen molar-refractivity contribution in [2.45, 2.75) is 38.0 Å². The molecule has 0 aromatic heterocycles. The first kappa shape index (κ1) is 20.6. The Bertz CT molecular complexity index is 616. The molecule has 1 aliphatic rings. The lowest BCUT2D eigenvalue weighted by atomic mass is 10.1. The summed E-state index contributed by atoms with van der Waals surface area (Å²) < 4.78 is 16.5. The lowest BCUT2D eigenvalue weighted by Crippen LogP contribution is -2.43. The minimum atomic E-state index is 0.289. The summed E-state index contributed by atoms with van der Waals surface area (Å²) >= 11 is 2.04. The molecule has 0 saturated carbocycles. The Hall–Kier alpha value is -1.76. The summed E-state index contributed by atoms with van der Waals surface area (Å²) in [6.07, 6.45) is 2.53. The second-order valence-electron chi connectivity index (χ2n) is 6.47. The highest BCUT2D eigenvalue weighted by molar-refractivity contribution is 8.00. The molecule has 1 aromatic carbocycles. The van der Waals surface area contributed by atoms with Crippen LogP contribution in [0.4, 0.5) is 0 Å². The third kappa shape index (κ3) is 5.37. The van der Waals surface area contributed by atoms with Crippen LogP contribution in [-0.2, 0) is 6.54 Å². The van der Waals surface area contributed by atoms with E-state index < -0.39 is 0 Å². The van der Waals surface area contributed by atoms with Crippen LogP contribution in [0.1, 0.15) is 32.3 Å². The van der Waals surface area contributed by atoms with Crippen LogP contribution >= 0.6 is 11.8 Å². The maximum atomic E-state index is 5.49. The average Bonchev–Trinajstić information content (AvgIpc) is 3.10. The molecule has 0 spiro atoms. The van der Waals surface area contributed by atoms with E-state index in [1.54, 1.807) is 21.3 Å². The molecular weight excluding hydrogens is 350 g/mol.